The second-order valence-electron chi connectivity index (χ2n) is 11.2. The van der Waals surface area contributed by atoms with Crippen LogP contribution in [0.4, 0.5) is 0 Å². The number of benzene rings is 1. The van der Waals surface area contributed by atoms with Crippen molar-refractivity contribution < 1.29 is 39.0 Å². The molecule has 5 amide bonds. The molecule has 0 saturated carbocycles. The minimum atomic E-state index is -1.49. The molecular formula is C31H47N7O8. The number of nitrogens with two attached hydrogens (primary N) is 1. The standard InChI is InChI=1S/C31H47N7O8/c1-3-19(2)8-4-7-11-26(40)34-16-27(41)36-23(12-13-32)29(43)35-17-28(42)37-25(18-39)30(44)38-24(31(45)46)14-20-15-33-22-10-6-5-9-21(20)22/h5-6,9-10,15,19,23-25,33,39H,3-4,7-8,11-14,16-18,32H2,1-2H3,(H,34,40)(H,35,43)(H,36,41)(H,37,42)(H,38,44)(H,45,46)/t19-,23+,24+,25+/m0/s1. The number of hydrogen-bond acceptors (Lipinski definition) is 8. The van der Waals surface area contributed by atoms with Gasteiger partial charge in [-0.1, -0.05) is 51.3 Å². The Labute approximate surface area is 267 Å². The van der Waals surface area contributed by atoms with Gasteiger partial charge in [0.2, 0.25) is 29.5 Å². The van der Waals surface area contributed by atoms with Gasteiger partial charge in [-0.25, -0.2) is 4.79 Å². The predicted octanol–water partition coefficient (Wildman–Crippen LogP) is -0.571. The van der Waals surface area contributed by atoms with E-state index in [2.05, 4.69) is 45.4 Å². The summed E-state index contributed by atoms with van der Waals surface area (Å²) in [5.41, 5.74) is 7.03. The zero-order valence-electron chi connectivity index (χ0n) is 26.4. The molecule has 1 aromatic carbocycles. The highest BCUT2D eigenvalue weighted by Gasteiger charge is 2.28. The Hall–Kier alpha value is -4.50. The number of hydrogen-bond donors (Lipinski definition) is 9. The molecule has 0 radical (unpaired) electrons. The monoisotopic (exact) mass is 645 g/mol. The number of carbonyl (C=O) groups excluding carboxylic acids is 5. The van der Waals surface area contributed by atoms with Crippen LogP contribution in [0.2, 0.25) is 0 Å². The lowest BCUT2D eigenvalue weighted by atomic mass is 10.0. The third-order valence-electron chi connectivity index (χ3n) is 7.57. The van der Waals surface area contributed by atoms with Crippen molar-refractivity contribution in [3.05, 3.63) is 36.0 Å². The van der Waals surface area contributed by atoms with Crippen molar-refractivity contribution >= 4 is 46.4 Å². The number of aliphatic hydroxyl groups excluding tert-OH is 1. The molecule has 10 N–H and O–H groups in total. The van der Waals surface area contributed by atoms with Crippen LogP contribution in [0.15, 0.2) is 30.5 Å². The van der Waals surface area contributed by atoms with Gasteiger partial charge in [-0.2, -0.15) is 0 Å². The van der Waals surface area contributed by atoms with E-state index in [4.69, 9.17) is 5.73 Å². The van der Waals surface area contributed by atoms with Gasteiger partial charge in [-0.3, -0.25) is 24.0 Å². The minimum Gasteiger partial charge on any atom is -0.480 e. The molecule has 0 spiro atoms. The Balaban J connectivity index is 1.82. The fraction of sp³-hybridized carbons (Fsp3) is 0.548. The van der Waals surface area contributed by atoms with Gasteiger partial charge in [-0.05, 0) is 36.9 Å². The molecule has 0 aliphatic carbocycles. The van der Waals surface area contributed by atoms with E-state index in [1.807, 2.05) is 18.2 Å². The highest BCUT2D eigenvalue weighted by molar-refractivity contribution is 5.94. The number of amides is 5. The summed E-state index contributed by atoms with van der Waals surface area (Å²) in [6.07, 6.45) is 5.68. The van der Waals surface area contributed by atoms with Gasteiger partial charge < -0.3 is 47.5 Å². The molecule has 0 bridgehead atoms. The lowest BCUT2D eigenvalue weighted by molar-refractivity contribution is -0.142. The quantitative estimate of drug-likeness (QED) is 0.0788. The average molecular weight is 646 g/mol. The van der Waals surface area contributed by atoms with Gasteiger partial charge in [-0.15, -0.1) is 0 Å². The van der Waals surface area contributed by atoms with E-state index in [1.54, 1.807) is 12.3 Å². The number of para-hydroxylation sites is 1. The number of carboxylic acids is 1. The van der Waals surface area contributed by atoms with Crippen LogP contribution in [0.1, 0.15) is 57.9 Å². The molecular weight excluding hydrogens is 598 g/mol. The lowest BCUT2D eigenvalue weighted by Gasteiger charge is -2.21. The zero-order valence-corrected chi connectivity index (χ0v) is 26.4. The van der Waals surface area contributed by atoms with E-state index in [0.29, 0.717) is 24.3 Å². The molecule has 0 unspecified atom stereocenters. The Morgan fingerprint density at radius 1 is 0.848 bits per heavy atom. The number of fused-ring (bicyclic) bond motifs is 1. The first kappa shape index (κ1) is 37.7. The van der Waals surface area contributed by atoms with Crippen molar-refractivity contribution in [1.29, 1.82) is 0 Å². The number of aromatic amines is 1. The maximum Gasteiger partial charge on any atom is 0.326 e. The summed E-state index contributed by atoms with van der Waals surface area (Å²) in [4.78, 5) is 77.2. The largest absolute Gasteiger partial charge is 0.480 e. The van der Waals surface area contributed by atoms with E-state index in [1.165, 1.54) is 0 Å². The number of nitrogens with one attached hydrogen (secondary N) is 6. The number of aliphatic hydroxyl groups is 1. The van der Waals surface area contributed by atoms with E-state index >= 15 is 0 Å². The molecule has 15 heteroatoms. The molecule has 0 aliphatic heterocycles. The van der Waals surface area contributed by atoms with Crippen LogP contribution in [0.3, 0.4) is 0 Å². The van der Waals surface area contributed by atoms with E-state index < -0.39 is 60.9 Å². The summed E-state index contributed by atoms with van der Waals surface area (Å²) >= 11 is 0. The number of rotatable bonds is 21. The van der Waals surface area contributed by atoms with Gasteiger partial charge >= 0.3 is 5.97 Å². The van der Waals surface area contributed by atoms with E-state index in [-0.39, 0.29) is 31.8 Å². The van der Waals surface area contributed by atoms with Crippen molar-refractivity contribution in [2.45, 2.75) is 76.9 Å². The summed E-state index contributed by atoms with van der Waals surface area (Å²) in [6.45, 7) is 2.55. The molecule has 0 aliphatic rings. The topological polar surface area (TPSA) is 245 Å². The lowest BCUT2D eigenvalue weighted by Crippen LogP contribution is -2.56. The van der Waals surface area contributed by atoms with E-state index in [0.717, 1.165) is 30.2 Å². The van der Waals surface area contributed by atoms with Gasteiger partial charge in [0.1, 0.15) is 18.1 Å². The van der Waals surface area contributed by atoms with Crippen molar-refractivity contribution in [2.24, 2.45) is 11.7 Å². The third kappa shape index (κ3) is 12.9. The summed E-state index contributed by atoms with van der Waals surface area (Å²) in [5.74, 6) is -4.09. The first-order valence-electron chi connectivity index (χ1n) is 15.5. The summed E-state index contributed by atoms with van der Waals surface area (Å²) in [5, 5.41) is 32.1. The van der Waals surface area contributed by atoms with Crippen LogP contribution in [0.25, 0.3) is 10.9 Å². The smallest absolute Gasteiger partial charge is 0.326 e. The first-order valence-corrected chi connectivity index (χ1v) is 15.5. The Morgan fingerprint density at radius 3 is 2.17 bits per heavy atom. The fourth-order valence-electron chi connectivity index (χ4n) is 4.65. The molecule has 2 rings (SSSR count). The number of carbonyl (C=O) groups is 6. The van der Waals surface area contributed by atoms with Crippen molar-refractivity contribution in [3.8, 4) is 0 Å². The number of H-pyrrole nitrogens is 1. The van der Waals surface area contributed by atoms with Gasteiger partial charge in [0.05, 0.1) is 19.7 Å². The minimum absolute atomic E-state index is 0.0448. The summed E-state index contributed by atoms with van der Waals surface area (Å²) in [7, 11) is 0. The average Bonchev–Trinajstić information content (AvgIpc) is 3.45. The maximum absolute atomic E-state index is 12.8. The molecule has 1 aromatic heterocycles. The molecule has 15 nitrogen and oxygen atoms in total. The predicted molar refractivity (Wildman–Crippen MR) is 170 cm³/mol. The van der Waals surface area contributed by atoms with Crippen LogP contribution >= 0.6 is 0 Å². The van der Waals surface area contributed by atoms with Crippen LogP contribution in [-0.4, -0.2) is 95.1 Å². The van der Waals surface area contributed by atoms with Crippen LogP contribution in [0, 0.1) is 5.92 Å². The number of aliphatic carboxylic acids is 1. The molecule has 46 heavy (non-hydrogen) atoms. The van der Waals surface area contributed by atoms with Crippen molar-refractivity contribution in [3.63, 3.8) is 0 Å². The second-order valence-corrected chi connectivity index (χ2v) is 11.2. The Bertz CT molecular complexity index is 1330. The highest BCUT2D eigenvalue weighted by atomic mass is 16.4. The van der Waals surface area contributed by atoms with Crippen LogP contribution in [-0.2, 0) is 35.2 Å². The Morgan fingerprint density at radius 2 is 1.52 bits per heavy atom. The van der Waals surface area contributed by atoms with Crippen LogP contribution in [0.5, 0.6) is 0 Å². The SMILES string of the molecule is CC[C@H](C)CCCCC(=O)NCC(=O)N[C@H](CCN)C(=O)NCC(=O)N[C@H](CO)C(=O)N[C@H](Cc1c[nH]c2ccccc12)C(=O)O. The number of unbranched alkanes of at least 4 members (excludes halogenated alkanes) is 1. The molecule has 0 saturated heterocycles. The molecule has 1 heterocycles. The molecule has 2 aromatic rings. The normalized spacial score (nSPS) is 13.6. The maximum atomic E-state index is 12.8. The molecule has 254 valence electrons. The van der Waals surface area contributed by atoms with Crippen molar-refractivity contribution in [1.82, 2.24) is 31.6 Å². The first-order chi connectivity index (χ1) is 22.0. The van der Waals surface area contributed by atoms with Gasteiger partial charge in [0.25, 0.3) is 0 Å². The zero-order chi connectivity index (χ0) is 34.1. The summed E-state index contributed by atoms with van der Waals surface area (Å²) in [6, 6.07) is 3.33. The molecule has 4 atom stereocenters. The van der Waals surface area contributed by atoms with Crippen LogP contribution < -0.4 is 32.3 Å². The van der Waals surface area contributed by atoms with E-state index in [9.17, 15) is 39.0 Å². The Kier molecular flexibility index (Phi) is 16.2. The third-order valence-corrected chi connectivity index (χ3v) is 7.57. The number of aromatic nitrogens is 1. The summed E-state index contributed by atoms with van der Waals surface area (Å²) < 4.78 is 0. The van der Waals surface area contributed by atoms with Crippen molar-refractivity contribution in [2.75, 3.05) is 26.2 Å². The molecule has 0 fully saturated rings. The van der Waals surface area contributed by atoms with Gasteiger partial charge in [0, 0.05) is 29.9 Å². The second kappa shape index (κ2) is 19.8. The highest BCUT2D eigenvalue weighted by Crippen LogP contribution is 2.19. The number of carboxylic acid groups (broad SMARTS) is 1. The van der Waals surface area contributed by atoms with Gasteiger partial charge in [0.15, 0.2) is 0 Å². The fourth-order valence-corrected chi connectivity index (χ4v) is 4.65.